The molecule has 0 aromatic rings. The van der Waals surface area contributed by atoms with E-state index in [9.17, 15) is 0 Å². The van der Waals surface area contributed by atoms with Crippen molar-refractivity contribution in [3.63, 3.8) is 0 Å². The van der Waals surface area contributed by atoms with Gasteiger partial charge < -0.3 is 14.4 Å². The molecule has 55 heavy (non-hydrogen) atoms. The van der Waals surface area contributed by atoms with Crippen LogP contribution >= 0.6 is 0 Å². The zero-order valence-electron chi connectivity index (χ0n) is 36.9. The molecular weight excluding hydrogens is 671 g/mol. The molecule has 0 radical (unpaired) electrons. The second kappa shape index (κ2) is 28.3. The minimum absolute atomic E-state index is 0.278. The predicted molar refractivity (Wildman–Crippen MR) is 240 cm³/mol. The third-order valence-electron chi connectivity index (χ3n) is 14.3. The summed E-state index contributed by atoms with van der Waals surface area (Å²) in [5.41, 5.74) is 0.515. The normalized spacial score (nSPS) is 27.0. The van der Waals surface area contributed by atoms with Crippen molar-refractivity contribution in [3.05, 3.63) is 48.6 Å². The number of hydrogen-bond donors (Lipinski definition) is 0. The Bertz CT molecular complexity index is 1060. The number of nitrogens with zero attached hydrogens (tertiary/aromatic N) is 1. The molecule has 316 valence electrons. The van der Waals surface area contributed by atoms with Gasteiger partial charge in [0, 0.05) is 25.9 Å². The van der Waals surface area contributed by atoms with Crippen LogP contribution in [0.15, 0.2) is 48.6 Å². The van der Waals surface area contributed by atoms with E-state index < -0.39 is 0 Å². The lowest BCUT2D eigenvalue weighted by Crippen LogP contribution is -2.43. The van der Waals surface area contributed by atoms with E-state index in [4.69, 9.17) is 9.47 Å². The lowest BCUT2D eigenvalue weighted by molar-refractivity contribution is -0.208. The van der Waals surface area contributed by atoms with Crippen molar-refractivity contribution in [2.75, 3.05) is 20.1 Å². The number of likely N-dealkylation sites (N-methyl/N-ethyl adjacent to an activating group) is 1. The van der Waals surface area contributed by atoms with Crippen LogP contribution in [0.1, 0.15) is 226 Å². The van der Waals surface area contributed by atoms with Gasteiger partial charge in [0.25, 0.3) is 0 Å². The van der Waals surface area contributed by atoms with E-state index in [1.165, 1.54) is 180 Å². The van der Waals surface area contributed by atoms with E-state index in [1.54, 1.807) is 0 Å². The summed E-state index contributed by atoms with van der Waals surface area (Å²) in [7, 11) is 2.24. The Kier molecular flexibility index (Phi) is 23.9. The molecule has 2 saturated carbocycles. The second-order valence-electron chi connectivity index (χ2n) is 18.9. The third-order valence-corrected chi connectivity index (χ3v) is 14.3. The van der Waals surface area contributed by atoms with Gasteiger partial charge >= 0.3 is 0 Å². The van der Waals surface area contributed by atoms with Crippen LogP contribution in [0.25, 0.3) is 0 Å². The van der Waals surface area contributed by atoms with Gasteiger partial charge in [-0.25, -0.2) is 0 Å². The minimum Gasteiger partial charge on any atom is -0.344 e. The average molecular weight is 762 g/mol. The summed E-state index contributed by atoms with van der Waals surface area (Å²) in [5.74, 6) is 1.66. The van der Waals surface area contributed by atoms with E-state index in [1.807, 2.05) is 0 Å². The first-order valence-corrected chi connectivity index (χ1v) is 24.7. The molecule has 3 nitrogen and oxygen atoms in total. The first-order chi connectivity index (χ1) is 27.1. The zero-order valence-corrected chi connectivity index (χ0v) is 36.9. The second-order valence-corrected chi connectivity index (χ2v) is 18.9. The lowest BCUT2D eigenvalue weighted by atomic mass is 9.66. The summed E-state index contributed by atoms with van der Waals surface area (Å²) < 4.78 is 13.6. The number of rotatable bonds is 31. The summed E-state index contributed by atoms with van der Waals surface area (Å²) in [5, 5.41) is 0. The Hall–Kier alpha value is -1.16. The topological polar surface area (TPSA) is 21.7 Å². The molecule has 2 saturated heterocycles. The standard InChI is InChI=1S/C52H91NO2/c1-4-6-8-10-12-14-15-16-17-18-19-20-22-24-27-31-39-51(41-43-52(44-42-51)54-49-38-45-53(3)46-50(49)55-52)40-32-28-26-30-35-47(48-36-33-37-48)34-29-25-23-21-13-11-9-7-5-2/h12-14,16-17,21,25,29,47-50H,4-11,15,18-20,22-24,26-28,30-46H2,1-3H3/b14-12-,17-16-,21-13-,29-25-/t47?,49-,50+,51?,52?/m1/s1. The van der Waals surface area contributed by atoms with Gasteiger partial charge in [-0.3, -0.25) is 0 Å². The van der Waals surface area contributed by atoms with Crippen LogP contribution in [-0.4, -0.2) is 43.0 Å². The van der Waals surface area contributed by atoms with Crippen molar-refractivity contribution >= 4 is 0 Å². The molecule has 0 aromatic heterocycles. The highest BCUT2D eigenvalue weighted by Gasteiger charge is 2.52. The van der Waals surface area contributed by atoms with E-state index in [0.29, 0.717) is 11.5 Å². The van der Waals surface area contributed by atoms with Crippen molar-refractivity contribution < 1.29 is 9.47 Å². The number of unbranched alkanes of at least 4 members (excludes halogenated alkanes) is 15. The number of hydrogen-bond acceptors (Lipinski definition) is 3. The number of likely N-dealkylation sites (tertiary alicyclic amines) is 1. The highest BCUT2D eigenvalue weighted by atomic mass is 16.8. The first kappa shape index (κ1) is 46.5. The van der Waals surface area contributed by atoms with Gasteiger partial charge in [-0.2, -0.15) is 0 Å². The molecule has 2 heterocycles. The smallest absolute Gasteiger partial charge is 0.169 e. The minimum atomic E-state index is -0.278. The fourth-order valence-electron chi connectivity index (χ4n) is 10.3. The van der Waals surface area contributed by atoms with Crippen LogP contribution < -0.4 is 0 Å². The molecule has 3 atom stereocenters. The average Bonchev–Trinajstić information content (AvgIpc) is 3.52. The van der Waals surface area contributed by atoms with Crippen molar-refractivity contribution in [2.45, 2.75) is 244 Å². The molecule has 1 unspecified atom stereocenters. The highest BCUT2D eigenvalue weighted by Crippen LogP contribution is 2.52. The molecule has 0 amide bonds. The molecule has 2 aliphatic heterocycles. The summed E-state index contributed by atoms with van der Waals surface area (Å²) in [6, 6.07) is 0. The Morgan fingerprint density at radius 2 is 1.09 bits per heavy atom. The summed E-state index contributed by atoms with van der Waals surface area (Å²) in [6.45, 7) is 6.76. The number of piperidine rings is 1. The Balaban J connectivity index is 1.13. The number of fused-ring (bicyclic) bond motifs is 1. The number of allylic oxidation sites excluding steroid dienone is 8. The Labute approximate surface area is 343 Å². The molecule has 4 aliphatic rings. The Morgan fingerprint density at radius 3 is 1.67 bits per heavy atom. The fraction of sp³-hybridized carbons (Fsp3) is 0.846. The number of ether oxygens (including phenoxy) is 2. The third kappa shape index (κ3) is 18.5. The van der Waals surface area contributed by atoms with Crippen LogP contribution in [0.2, 0.25) is 0 Å². The van der Waals surface area contributed by atoms with Gasteiger partial charge in [0.05, 0.1) is 12.2 Å². The zero-order chi connectivity index (χ0) is 38.7. The van der Waals surface area contributed by atoms with Crippen LogP contribution in [0.3, 0.4) is 0 Å². The predicted octanol–water partition coefficient (Wildman–Crippen LogP) is 15.8. The molecule has 4 fully saturated rings. The van der Waals surface area contributed by atoms with E-state index in [0.717, 1.165) is 57.0 Å². The molecule has 3 heteroatoms. The largest absolute Gasteiger partial charge is 0.344 e. The van der Waals surface area contributed by atoms with Gasteiger partial charge in [0.1, 0.15) is 0 Å². The molecule has 2 aliphatic carbocycles. The van der Waals surface area contributed by atoms with Crippen LogP contribution in [0.5, 0.6) is 0 Å². The van der Waals surface area contributed by atoms with Gasteiger partial charge in [0.15, 0.2) is 5.79 Å². The molecule has 0 N–H and O–H groups in total. The molecule has 0 bridgehead atoms. The van der Waals surface area contributed by atoms with Crippen LogP contribution in [-0.2, 0) is 9.47 Å². The van der Waals surface area contributed by atoms with Gasteiger partial charge in [-0.1, -0.05) is 165 Å². The lowest BCUT2D eigenvalue weighted by Gasteiger charge is -2.44. The molecule has 1 spiro atoms. The maximum Gasteiger partial charge on any atom is 0.169 e. The monoisotopic (exact) mass is 762 g/mol. The van der Waals surface area contributed by atoms with Gasteiger partial charge in [0.2, 0.25) is 0 Å². The van der Waals surface area contributed by atoms with E-state index in [2.05, 4.69) is 74.4 Å². The molecule has 0 aromatic carbocycles. The highest BCUT2D eigenvalue weighted by molar-refractivity contribution is 4.98. The van der Waals surface area contributed by atoms with E-state index >= 15 is 0 Å². The quantitative estimate of drug-likeness (QED) is 0.0519. The SMILES string of the molecule is CCCCC/C=C\C/C=C\CCCCCCCCC1(CCCCCCC(C/C=C\C/C=C\CCCCC)C2CCC2)CCC2(CC1)O[C@H]1CN(C)CC[C@H]1O2. The van der Waals surface area contributed by atoms with Gasteiger partial charge in [-0.05, 0) is 121 Å². The van der Waals surface area contributed by atoms with Crippen molar-refractivity contribution in [2.24, 2.45) is 17.3 Å². The molecule has 4 rings (SSSR count). The first-order valence-electron chi connectivity index (χ1n) is 24.7. The maximum atomic E-state index is 6.79. The van der Waals surface area contributed by atoms with Crippen LogP contribution in [0.4, 0.5) is 0 Å². The summed E-state index contributed by atoms with van der Waals surface area (Å²) >= 11 is 0. The molecular formula is C52H91NO2. The summed E-state index contributed by atoms with van der Waals surface area (Å²) in [4.78, 5) is 2.43. The van der Waals surface area contributed by atoms with E-state index in [-0.39, 0.29) is 11.9 Å². The Morgan fingerprint density at radius 1 is 0.564 bits per heavy atom. The van der Waals surface area contributed by atoms with Crippen molar-refractivity contribution in [1.29, 1.82) is 0 Å². The maximum absolute atomic E-state index is 6.79. The van der Waals surface area contributed by atoms with Crippen molar-refractivity contribution in [1.82, 2.24) is 4.90 Å². The summed E-state index contributed by atoms with van der Waals surface area (Å²) in [6.07, 6.45) is 64.2. The van der Waals surface area contributed by atoms with Crippen LogP contribution in [0, 0.1) is 17.3 Å². The fourth-order valence-corrected chi connectivity index (χ4v) is 10.3. The van der Waals surface area contributed by atoms with Gasteiger partial charge in [-0.15, -0.1) is 0 Å². The van der Waals surface area contributed by atoms with Crippen molar-refractivity contribution in [3.8, 4) is 0 Å².